The minimum Gasteiger partial charge on any atom is -0.371 e. The first-order chi connectivity index (χ1) is 16.7. The molecule has 11 heteroatoms. The van der Waals surface area contributed by atoms with Gasteiger partial charge in [0, 0.05) is 42.3 Å². The van der Waals surface area contributed by atoms with Crippen LogP contribution in [0.15, 0.2) is 48.8 Å². The number of anilines is 2. The van der Waals surface area contributed by atoms with E-state index in [0.717, 1.165) is 65.9 Å². The molecule has 0 atom stereocenters. The van der Waals surface area contributed by atoms with Crippen LogP contribution in [0, 0.1) is 12.3 Å². The van der Waals surface area contributed by atoms with E-state index >= 15 is 0 Å². The summed E-state index contributed by atoms with van der Waals surface area (Å²) in [4.78, 5) is 24.8. The molecule has 35 heavy (non-hydrogen) atoms. The van der Waals surface area contributed by atoms with E-state index in [2.05, 4.69) is 25.6 Å². The number of halogens is 3. The van der Waals surface area contributed by atoms with Crippen molar-refractivity contribution in [1.29, 1.82) is 5.41 Å². The number of hydrogen-bond donors (Lipinski definition) is 3. The van der Waals surface area contributed by atoms with Crippen LogP contribution in [0.25, 0.3) is 22.5 Å². The summed E-state index contributed by atoms with van der Waals surface area (Å²) in [5, 5.41) is 13.9. The Morgan fingerprint density at radius 1 is 1.14 bits per heavy atom. The van der Waals surface area contributed by atoms with Crippen molar-refractivity contribution in [2.24, 2.45) is 0 Å². The van der Waals surface area contributed by atoms with Gasteiger partial charge in [-0.25, -0.2) is 4.98 Å². The van der Waals surface area contributed by atoms with Crippen molar-refractivity contribution in [2.45, 2.75) is 26.1 Å². The second kappa shape index (κ2) is 8.49. The van der Waals surface area contributed by atoms with Crippen molar-refractivity contribution in [2.75, 3.05) is 17.2 Å². The number of rotatable bonds is 3. The van der Waals surface area contributed by atoms with Crippen molar-refractivity contribution in [1.82, 2.24) is 19.5 Å². The predicted molar refractivity (Wildman–Crippen MR) is 123 cm³/mol. The lowest BCUT2D eigenvalue weighted by Crippen LogP contribution is -2.24. The van der Waals surface area contributed by atoms with E-state index in [1.807, 2.05) is 23.6 Å². The molecule has 1 aromatic heterocycles. The van der Waals surface area contributed by atoms with Gasteiger partial charge in [-0.1, -0.05) is 6.07 Å². The average Bonchev–Trinajstić information content (AvgIpc) is 2.84. The molecule has 3 N–H and O–H groups in total. The SMILES string of the molecule is Cc1ccc(NC(=O)c2cc(C(F)(F)F)ccn2)cc1-c1cc2cnc(=N)nc-2n2c1NCCC2. The topological polar surface area (TPSA) is 109 Å². The maximum Gasteiger partial charge on any atom is 0.416 e. The number of carbonyl (C=O) groups is 1. The lowest BCUT2D eigenvalue weighted by atomic mass is 9.97. The van der Waals surface area contributed by atoms with Gasteiger partial charge in [0.05, 0.1) is 5.56 Å². The molecule has 0 bridgehead atoms. The van der Waals surface area contributed by atoms with Crippen LogP contribution in [0.4, 0.5) is 24.7 Å². The Kier molecular flexibility index (Phi) is 5.46. The van der Waals surface area contributed by atoms with Crippen molar-refractivity contribution in [3.63, 3.8) is 0 Å². The highest BCUT2D eigenvalue weighted by molar-refractivity contribution is 6.03. The number of carbonyl (C=O) groups excluding carboxylic acids is 1. The van der Waals surface area contributed by atoms with Crippen LogP contribution < -0.4 is 16.3 Å². The highest BCUT2D eigenvalue weighted by atomic mass is 19.4. The minimum atomic E-state index is -4.57. The van der Waals surface area contributed by atoms with E-state index in [-0.39, 0.29) is 11.3 Å². The van der Waals surface area contributed by atoms with Gasteiger partial charge in [0.25, 0.3) is 5.91 Å². The predicted octanol–water partition coefficient (Wildman–Crippen LogP) is 4.32. The van der Waals surface area contributed by atoms with E-state index < -0.39 is 17.6 Å². The van der Waals surface area contributed by atoms with Crippen LogP contribution in [-0.4, -0.2) is 32.0 Å². The summed E-state index contributed by atoms with van der Waals surface area (Å²) in [7, 11) is 0. The van der Waals surface area contributed by atoms with Gasteiger partial charge >= 0.3 is 6.18 Å². The maximum atomic E-state index is 13.0. The number of fused-ring (bicyclic) bond motifs is 3. The van der Waals surface area contributed by atoms with Crippen LogP contribution in [0.5, 0.6) is 0 Å². The number of nitrogens with zero attached hydrogens (tertiary/aromatic N) is 4. The number of hydrogen-bond acceptors (Lipinski definition) is 6. The second-order valence-corrected chi connectivity index (χ2v) is 8.22. The summed E-state index contributed by atoms with van der Waals surface area (Å²) in [6.07, 6.45) is -1.10. The molecule has 0 unspecified atom stereocenters. The molecular weight excluding hydrogens is 459 g/mol. The normalized spacial score (nSPS) is 13.3. The van der Waals surface area contributed by atoms with Crippen LogP contribution in [-0.2, 0) is 12.7 Å². The third-order valence-electron chi connectivity index (χ3n) is 5.83. The lowest BCUT2D eigenvalue weighted by Gasteiger charge is -2.28. The maximum absolute atomic E-state index is 13.0. The Hall–Kier alpha value is -4.28. The van der Waals surface area contributed by atoms with Gasteiger partial charge in [0.2, 0.25) is 5.62 Å². The molecule has 0 saturated heterocycles. The molecule has 0 radical (unpaired) electrons. The Morgan fingerprint density at radius 2 is 1.97 bits per heavy atom. The molecule has 4 heterocycles. The van der Waals surface area contributed by atoms with Crippen LogP contribution in [0.1, 0.15) is 28.0 Å². The van der Waals surface area contributed by atoms with Crippen LogP contribution in [0.3, 0.4) is 0 Å². The fourth-order valence-corrected chi connectivity index (χ4v) is 4.15. The molecule has 0 spiro atoms. The highest BCUT2D eigenvalue weighted by Gasteiger charge is 2.31. The molecule has 2 aromatic rings. The lowest BCUT2D eigenvalue weighted by molar-refractivity contribution is -0.137. The van der Waals surface area contributed by atoms with Crippen molar-refractivity contribution >= 4 is 17.4 Å². The zero-order valence-electron chi connectivity index (χ0n) is 18.6. The van der Waals surface area contributed by atoms with E-state index in [1.165, 1.54) is 0 Å². The molecule has 5 rings (SSSR count). The number of amides is 1. The minimum absolute atomic E-state index is 0.0605. The molecule has 3 aliphatic heterocycles. The molecular formula is C24H20F3N7O. The molecule has 8 nitrogen and oxygen atoms in total. The zero-order valence-corrected chi connectivity index (χ0v) is 18.6. The third-order valence-corrected chi connectivity index (χ3v) is 5.83. The highest BCUT2D eigenvalue weighted by Crippen LogP contribution is 2.38. The van der Waals surface area contributed by atoms with Crippen molar-refractivity contribution in [3.8, 4) is 22.5 Å². The summed E-state index contributed by atoms with van der Waals surface area (Å²) in [5.74, 6) is 0.761. The van der Waals surface area contributed by atoms with Crippen LogP contribution in [0.2, 0.25) is 0 Å². The molecule has 178 valence electrons. The van der Waals surface area contributed by atoms with E-state index in [1.54, 1.807) is 18.3 Å². The number of benzene rings is 1. The first kappa shape index (κ1) is 22.5. The first-order valence-corrected chi connectivity index (χ1v) is 10.9. The smallest absolute Gasteiger partial charge is 0.371 e. The summed E-state index contributed by atoms with van der Waals surface area (Å²) < 4.78 is 41.1. The Bertz CT molecular complexity index is 1480. The first-order valence-electron chi connectivity index (χ1n) is 10.9. The molecule has 0 fully saturated rings. The van der Waals surface area contributed by atoms with Gasteiger partial charge in [-0.15, -0.1) is 0 Å². The van der Waals surface area contributed by atoms with Gasteiger partial charge in [0.15, 0.2) is 0 Å². The van der Waals surface area contributed by atoms with E-state index in [9.17, 15) is 18.0 Å². The number of aromatic nitrogens is 4. The van der Waals surface area contributed by atoms with Gasteiger partial charge in [0.1, 0.15) is 17.3 Å². The number of nitrogens with one attached hydrogen (secondary N) is 3. The molecule has 3 aliphatic rings. The van der Waals surface area contributed by atoms with E-state index in [4.69, 9.17) is 5.41 Å². The zero-order chi connectivity index (χ0) is 24.7. The van der Waals surface area contributed by atoms with E-state index in [0.29, 0.717) is 11.5 Å². The fraction of sp³-hybridized carbons (Fsp3) is 0.208. The Balaban J connectivity index is 1.55. The summed E-state index contributed by atoms with van der Waals surface area (Å²) >= 11 is 0. The number of alkyl halides is 3. The van der Waals surface area contributed by atoms with Crippen LogP contribution >= 0.6 is 0 Å². The van der Waals surface area contributed by atoms with Gasteiger partial charge in [-0.3, -0.25) is 15.2 Å². The molecule has 1 amide bonds. The monoisotopic (exact) mass is 479 g/mol. The third kappa shape index (κ3) is 4.32. The van der Waals surface area contributed by atoms with Gasteiger partial charge in [-0.05, 0) is 54.8 Å². The quantitative estimate of drug-likeness (QED) is 0.406. The fourth-order valence-electron chi connectivity index (χ4n) is 4.15. The average molecular weight is 479 g/mol. The summed E-state index contributed by atoms with van der Waals surface area (Å²) in [5.41, 5.74) is 2.49. The molecule has 0 saturated carbocycles. The summed E-state index contributed by atoms with van der Waals surface area (Å²) in [6, 6.07) is 8.78. The second-order valence-electron chi connectivity index (χ2n) is 8.22. The van der Waals surface area contributed by atoms with Crippen molar-refractivity contribution in [3.05, 3.63) is 71.2 Å². The number of aryl methyl sites for hydroxylation is 1. The summed E-state index contributed by atoms with van der Waals surface area (Å²) in [6.45, 7) is 3.43. The van der Waals surface area contributed by atoms with Crippen molar-refractivity contribution < 1.29 is 18.0 Å². The standard InChI is InChI=1S/C24H20F3N7O/c1-13-3-4-16(32-22(35)19-10-15(5-7-29-19)24(25,26)27)11-17(13)18-9-14-12-31-23(28)33-20(14)34-8-2-6-30-21(18)34/h3-5,7,9-12,28,30H,2,6,8H2,1H3,(H,32,35). The largest absolute Gasteiger partial charge is 0.416 e. The Labute approximate surface area is 197 Å². The van der Waals surface area contributed by atoms with Gasteiger partial charge in [-0.2, -0.15) is 18.2 Å². The molecule has 0 aliphatic carbocycles. The van der Waals surface area contributed by atoms with Gasteiger partial charge < -0.3 is 15.2 Å². The Morgan fingerprint density at radius 3 is 2.77 bits per heavy atom. The molecule has 1 aromatic carbocycles. The number of pyridine rings is 2.